The van der Waals surface area contributed by atoms with E-state index in [1.807, 2.05) is 36.4 Å². The Morgan fingerprint density at radius 3 is 1.80 bits per heavy atom. The van der Waals surface area contributed by atoms with Crippen molar-refractivity contribution in [3.05, 3.63) is 133 Å². The molecule has 0 spiro atoms. The van der Waals surface area contributed by atoms with Crippen LogP contribution >= 0.6 is 7.26 Å². The molecular formula is C36H34NO3P. The minimum absolute atomic E-state index is 0.443. The van der Waals surface area contributed by atoms with E-state index < -0.39 is 13.4 Å². The number of hydrogen-bond acceptors (Lipinski definition) is 3. The monoisotopic (exact) mass is 559 g/mol. The van der Waals surface area contributed by atoms with Crippen LogP contribution in [0.5, 0.6) is 5.75 Å². The zero-order chi connectivity index (χ0) is 27.9. The van der Waals surface area contributed by atoms with E-state index in [1.165, 1.54) is 15.9 Å². The third-order valence-corrected chi connectivity index (χ3v) is 12.9. The van der Waals surface area contributed by atoms with Gasteiger partial charge in [0.1, 0.15) is 5.58 Å². The van der Waals surface area contributed by atoms with Gasteiger partial charge in [-0.2, -0.15) is 0 Å². The number of para-hydroxylation sites is 1. The van der Waals surface area contributed by atoms with Crippen LogP contribution in [0.25, 0.3) is 21.9 Å². The molecule has 1 heterocycles. The Balaban J connectivity index is 1.08. The minimum Gasteiger partial charge on any atom is -0.0614 e. The van der Waals surface area contributed by atoms with Gasteiger partial charge in [-0.25, -0.2) is 0 Å². The van der Waals surface area contributed by atoms with Gasteiger partial charge < -0.3 is 0 Å². The minimum atomic E-state index is -2.21. The number of carbonyl (C=O) groups excluding carboxylic acids is 1. The van der Waals surface area contributed by atoms with Crippen LogP contribution in [0.2, 0.25) is 0 Å². The predicted octanol–water partition coefficient (Wildman–Crippen LogP) is 7.57. The molecule has 5 heteroatoms. The number of nitrogens with one attached hydrogen (secondary N) is 1. The zero-order valence-corrected chi connectivity index (χ0v) is 24.0. The van der Waals surface area contributed by atoms with Crippen molar-refractivity contribution in [2.45, 2.75) is 19.3 Å². The van der Waals surface area contributed by atoms with Gasteiger partial charge in [0.05, 0.1) is 0 Å². The van der Waals surface area contributed by atoms with Gasteiger partial charge in [0.25, 0.3) is 0 Å². The Morgan fingerprint density at radius 2 is 1.17 bits per heavy atom. The molecule has 1 aromatic heterocycles. The molecule has 5 aromatic carbocycles. The number of hydrogen-bond donors (Lipinski definition) is 1. The predicted molar refractivity (Wildman–Crippen MR) is 173 cm³/mol. The third kappa shape index (κ3) is 5.75. The first-order valence-corrected chi connectivity index (χ1v) is 16.5. The fourth-order valence-corrected chi connectivity index (χ4v) is 10.8. The van der Waals surface area contributed by atoms with Crippen LogP contribution in [-0.2, 0) is 0 Å². The zero-order valence-electron chi connectivity index (χ0n) is 23.0. The van der Waals surface area contributed by atoms with Gasteiger partial charge in [-0.05, 0) is 6.07 Å². The van der Waals surface area contributed by atoms with Crippen molar-refractivity contribution < 1.29 is 13.9 Å². The van der Waals surface area contributed by atoms with Crippen LogP contribution in [0, 0.1) is 0 Å². The van der Waals surface area contributed by atoms with Crippen molar-refractivity contribution in [1.82, 2.24) is 5.32 Å². The number of amides is 1. The molecule has 0 aliphatic rings. The molecule has 0 saturated carbocycles. The third-order valence-electron chi connectivity index (χ3n) is 7.86. The van der Waals surface area contributed by atoms with Gasteiger partial charge in [-0.3, -0.25) is 0 Å². The van der Waals surface area contributed by atoms with Crippen molar-refractivity contribution in [2.24, 2.45) is 0 Å². The van der Waals surface area contributed by atoms with Crippen molar-refractivity contribution in [3.63, 3.8) is 0 Å². The Bertz CT molecular complexity index is 1640. The van der Waals surface area contributed by atoms with E-state index in [0.717, 1.165) is 41.8 Å². The quantitative estimate of drug-likeness (QED) is 0.139. The first kappa shape index (κ1) is 26.8. The smallest absolute Gasteiger partial charge is 0.0614 e. The average molecular weight is 560 g/mol. The molecule has 0 radical (unpaired) electrons. The summed E-state index contributed by atoms with van der Waals surface area (Å²) in [5.41, 5.74) is 1.53. The summed E-state index contributed by atoms with van der Waals surface area (Å²) in [6.07, 6.45) is 3.65. The molecule has 6 rings (SSSR count). The van der Waals surface area contributed by atoms with Gasteiger partial charge in [0.2, 0.25) is 0 Å². The fourth-order valence-electron chi connectivity index (χ4n) is 5.90. The number of furan rings is 1. The van der Waals surface area contributed by atoms with Crippen LogP contribution < -0.4 is 26.0 Å². The van der Waals surface area contributed by atoms with Crippen LogP contribution in [-0.4, -0.2) is 18.8 Å². The number of rotatable bonds is 10. The van der Waals surface area contributed by atoms with Crippen molar-refractivity contribution in [1.29, 1.82) is 0 Å². The van der Waals surface area contributed by atoms with E-state index in [9.17, 15) is 4.79 Å². The summed E-state index contributed by atoms with van der Waals surface area (Å²) in [5.74, 6) is 0.471. The van der Waals surface area contributed by atoms with Crippen LogP contribution in [0.4, 0.5) is 4.79 Å². The van der Waals surface area contributed by atoms with Crippen LogP contribution in [0.3, 0.4) is 0 Å². The topological polar surface area (TPSA) is 51.5 Å². The van der Waals surface area contributed by atoms with Crippen molar-refractivity contribution >= 4 is 51.2 Å². The van der Waals surface area contributed by atoms with E-state index in [-0.39, 0.29) is 0 Å². The van der Waals surface area contributed by atoms with Crippen LogP contribution in [0.15, 0.2) is 138 Å². The maximum atomic E-state index is 12.5. The first-order chi connectivity index (χ1) is 20.2. The second-order valence-electron chi connectivity index (χ2n) is 10.4. The van der Waals surface area contributed by atoms with E-state index in [1.54, 1.807) is 6.07 Å². The fraction of sp³-hybridized carbons (Fsp3) is 0.139. The normalized spacial score (nSPS) is 11.9. The van der Waals surface area contributed by atoms with Gasteiger partial charge >= 0.3 is 206 Å². The summed E-state index contributed by atoms with van der Waals surface area (Å²) in [6.45, 7) is 0.572. The standard InChI is InChI=1S/C36H34NO3P/c38-36(39-28-23-24-33-32-21-11-12-22-34(32)40-35(33)27-28)37-25-13-4-14-26-41(29-15-5-1-6-16-29,30-17-7-2-8-18-30)31-19-9-3-10-20-31/h1-3,5-12,15-24,27,41H,4,13-14,25-26H2,(H,37,38). The van der Waals surface area contributed by atoms with E-state index in [2.05, 4.69) is 96.3 Å². The van der Waals surface area contributed by atoms with Crippen molar-refractivity contribution in [3.8, 4) is 5.75 Å². The van der Waals surface area contributed by atoms with Gasteiger partial charge in [-0.1, -0.05) is 18.2 Å². The summed E-state index contributed by atoms with van der Waals surface area (Å²) in [6, 6.07) is 46.4. The Morgan fingerprint density at radius 1 is 0.610 bits per heavy atom. The van der Waals surface area contributed by atoms with Crippen LogP contribution in [0.1, 0.15) is 19.3 Å². The second kappa shape index (κ2) is 12.4. The number of ether oxygens (including phenoxy) is 1. The molecule has 41 heavy (non-hydrogen) atoms. The summed E-state index contributed by atoms with van der Waals surface area (Å²) in [7, 11) is -2.21. The molecule has 1 amide bonds. The van der Waals surface area contributed by atoms with Crippen molar-refractivity contribution in [2.75, 3.05) is 12.7 Å². The molecule has 0 atom stereocenters. The van der Waals surface area contributed by atoms with Gasteiger partial charge in [-0.15, -0.1) is 0 Å². The number of unbranched alkanes of at least 4 members (excludes halogenated alkanes) is 2. The summed E-state index contributed by atoms with van der Waals surface area (Å²) >= 11 is 0. The maximum absolute atomic E-state index is 12.5. The molecule has 4 nitrogen and oxygen atoms in total. The number of fused-ring (bicyclic) bond motifs is 3. The molecule has 0 aliphatic carbocycles. The molecule has 0 bridgehead atoms. The van der Waals surface area contributed by atoms with Gasteiger partial charge in [0.15, 0.2) is 0 Å². The average Bonchev–Trinajstić information content (AvgIpc) is 3.40. The molecule has 0 saturated heterocycles. The molecule has 206 valence electrons. The molecule has 0 aliphatic heterocycles. The SMILES string of the molecule is O=C(NCCCCC[PH](c1ccccc1)(c1ccccc1)c1ccccc1)Oc1ccc2c(c1)oc1ccccc12. The summed E-state index contributed by atoms with van der Waals surface area (Å²) in [5, 5.41) is 9.27. The molecule has 0 unspecified atom stereocenters. The number of benzene rings is 5. The van der Waals surface area contributed by atoms with E-state index >= 15 is 0 Å². The van der Waals surface area contributed by atoms with E-state index in [0.29, 0.717) is 17.9 Å². The molecule has 0 fully saturated rings. The Hall–Kier alpha value is -4.40. The second-order valence-corrected chi connectivity index (χ2v) is 14.4. The Kier molecular flexibility index (Phi) is 8.11. The molecular weight excluding hydrogens is 525 g/mol. The first-order valence-electron chi connectivity index (χ1n) is 14.3. The number of carbonyl (C=O) groups is 1. The molecule has 1 N–H and O–H groups in total. The van der Waals surface area contributed by atoms with Gasteiger partial charge in [0, 0.05) is 5.39 Å². The Labute approximate surface area is 241 Å². The summed E-state index contributed by atoms with van der Waals surface area (Å²) in [4.78, 5) is 12.5. The van der Waals surface area contributed by atoms with E-state index in [4.69, 9.17) is 9.15 Å². The molecule has 6 aromatic rings. The summed E-state index contributed by atoms with van der Waals surface area (Å²) < 4.78 is 11.5.